The first-order valence-electron chi connectivity index (χ1n) is 7.88. The SMILES string of the molecule is Cc1ccc(NC(=O)c2ccc(=O)n(Cc3cccnc3)n2)cc1C. The van der Waals surface area contributed by atoms with E-state index in [0.717, 1.165) is 16.7 Å². The fraction of sp³-hybridized carbons (Fsp3) is 0.158. The van der Waals surface area contributed by atoms with Gasteiger partial charge in [0, 0.05) is 24.1 Å². The summed E-state index contributed by atoms with van der Waals surface area (Å²) in [5, 5.41) is 6.98. The van der Waals surface area contributed by atoms with Crippen LogP contribution in [0, 0.1) is 13.8 Å². The fourth-order valence-corrected chi connectivity index (χ4v) is 2.36. The van der Waals surface area contributed by atoms with E-state index in [1.54, 1.807) is 18.5 Å². The van der Waals surface area contributed by atoms with Crippen LogP contribution in [0.3, 0.4) is 0 Å². The van der Waals surface area contributed by atoms with Crippen LogP contribution in [0.2, 0.25) is 0 Å². The van der Waals surface area contributed by atoms with Gasteiger partial charge < -0.3 is 5.32 Å². The predicted molar refractivity (Wildman–Crippen MR) is 95.7 cm³/mol. The van der Waals surface area contributed by atoms with Gasteiger partial charge in [-0.15, -0.1) is 0 Å². The highest BCUT2D eigenvalue weighted by Gasteiger charge is 2.11. The molecule has 3 rings (SSSR count). The molecule has 0 bridgehead atoms. The van der Waals surface area contributed by atoms with Crippen molar-refractivity contribution >= 4 is 11.6 Å². The molecule has 0 aliphatic rings. The number of nitrogens with one attached hydrogen (secondary N) is 1. The van der Waals surface area contributed by atoms with E-state index in [2.05, 4.69) is 15.4 Å². The molecule has 3 aromatic rings. The molecule has 0 fully saturated rings. The Morgan fingerprint density at radius 2 is 1.96 bits per heavy atom. The standard InChI is InChI=1S/C19H18N4O2/c1-13-5-6-16(10-14(13)2)21-19(25)17-7-8-18(24)23(22-17)12-15-4-3-9-20-11-15/h3-11H,12H2,1-2H3,(H,21,25). The molecule has 1 amide bonds. The van der Waals surface area contributed by atoms with Crippen molar-refractivity contribution in [2.75, 3.05) is 5.32 Å². The molecule has 1 aromatic carbocycles. The molecule has 0 saturated carbocycles. The molecule has 0 spiro atoms. The molecule has 2 aromatic heterocycles. The summed E-state index contributed by atoms with van der Waals surface area (Å²) >= 11 is 0. The Morgan fingerprint density at radius 1 is 1.12 bits per heavy atom. The van der Waals surface area contributed by atoms with Crippen molar-refractivity contribution in [1.29, 1.82) is 0 Å². The van der Waals surface area contributed by atoms with Crippen molar-refractivity contribution < 1.29 is 4.79 Å². The van der Waals surface area contributed by atoms with E-state index in [0.29, 0.717) is 5.69 Å². The van der Waals surface area contributed by atoms with Gasteiger partial charge in [0.15, 0.2) is 0 Å². The van der Waals surface area contributed by atoms with E-state index in [1.165, 1.54) is 16.8 Å². The van der Waals surface area contributed by atoms with Gasteiger partial charge in [-0.3, -0.25) is 14.6 Å². The number of carbonyl (C=O) groups is 1. The topological polar surface area (TPSA) is 76.9 Å². The highest BCUT2D eigenvalue weighted by atomic mass is 16.2. The highest BCUT2D eigenvalue weighted by Crippen LogP contribution is 2.14. The van der Waals surface area contributed by atoms with Crippen LogP contribution in [0.15, 0.2) is 59.7 Å². The van der Waals surface area contributed by atoms with Crippen molar-refractivity contribution in [1.82, 2.24) is 14.8 Å². The summed E-state index contributed by atoms with van der Waals surface area (Å²) in [6.45, 7) is 4.26. The largest absolute Gasteiger partial charge is 0.321 e. The minimum Gasteiger partial charge on any atom is -0.321 e. The third kappa shape index (κ3) is 3.98. The monoisotopic (exact) mass is 334 g/mol. The van der Waals surface area contributed by atoms with Gasteiger partial charge >= 0.3 is 0 Å². The number of hydrogen-bond acceptors (Lipinski definition) is 4. The minimum absolute atomic E-state index is 0.182. The molecule has 25 heavy (non-hydrogen) atoms. The molecule has 0 atom stereocenters. The molecular weight excluding hydrogens is 316 g/mol. The molecule has 6 heteroatoms. The van der Waals surface area contributed by atoms with Crippen LogP contribution in [0.5, 0.6) is 0 Å². The van der Waals surface area contributed by atoms with Gasteiger partial charge in [0.2, 0.25) is 0 Å². The molecular formula is C19H18N4O2. The van der Waals surface area contributed by atoms with E-state index < -0.39 is 0 Å². The lowest BCUT2D eigenvalue weighted by Gasteiger charge is -2.09. The zero-order valence-electron chi connectivity index (χ0n) is 14.1. The van der Waals surface area contributed by atoms with Crippen molar-refractivity contribution in [3.63, 3.8) is 0 Å². The number of benzene rings is 1. The van der Waals surface area contributed by atoms with Crippen LogP contribution in [0.1, 0.15) is 27.2 Å². The number of aromatic nitrogens is 3. The molecule has 0 aliphatic heterocycles. The first kappa shape index (κ1) is 16.6. The first-order chi connectivity index (χ1) is 12.0. The summed E-state index contributed by atoms with van der Waals surface area (Å²) in [6, 6.07) is 12.1. The maximum atomic E-state index is 12.4. The van der Waals surface area contributed by atoms with Gasteiger partial charge in [0.05, 0.1) is 6.54 Å². The number of nitrogens with zero attached hydrogens (tertiary/aromatic N) is 3. The number of carbonyl (C=O) groups excluding carboxylic acids is 1. The second-order valence-corrected chi connectivity index (χ2v) is 5.83. The first-order valence-corrected chi connectivity index (χ1v) is 7.88. The quantitative estimate of drug-likeness (QED) is 0.795. The molecule has 0 aliphatic carbocycles. The van der Waals surface area contributed by atoms with Gasteiger partial charge in [0.1, 0.15) is 5.69 Å². The Bertz CT molecular complexity index is 965. The van der Waals surface area contributed by atoms with Gasteiger partial charge in [-0.1, -0.05) is 12.1 Å². The maximum Gasteiger partial charge on any atom is 0.276 e. The zero-order chi connectivity index (χ0) is 17.8. The number of hydrogen-bond donors (Lipinski definition) is 1. The van der Waals surface area contributed by atoms with E-state index in [-0.39, 0.29) is 23.7 Å². The summed E-state index contributed by atoms with van der Waals surface area (Å²) < 4.78 is 1.26. The van der Waals surface area contributed by atoms with Crippen LogP contribution in [-0.2, 0) is 6.54 Å². The van der Waals surface area contributed by atoms with Gasteiger partial charge in [0.25, 0.3) is 11.5 Å². The van der Waals surface area contributed by atoms with Crippen LogP contribution < -0.4 is 10.9 Å². The Hall–Kier alpha value is -3.28. The van der Waals surface area contributed by atoms with E-state index in [1.807, 2.05) is 38.1 Å². The lowest BCUT2D eigenvalue weighted by Crippen LogP contribution is -2.26. The van der Waals surface area contributed by atoms with Gasteiger partial charge in [-0.25, -0.2) is 4.68 Å². The Morgan fingerprint density at radius 3 is 2.68 bits per heavy atom. The smallest absolute Gasteiger partial charge is 0.276 e. The second kappa shape index (κ2) is 7.09. The predicted octanol–water partition coefficient (Wildman–Crippen LogP) is 2.56. The zero-order valence-corrected chi connectivity index (χ0v) is 14.1. The van der Waals surface area contributed by atoms with Crippen molar-refractivity contribution in [2.45, 2.75) is 20.4 Å². The van der Waals surface area contributed by atoms with Crippen LogP contribution in [-0.4, -0.2) is 20.7 Å². The average Bonchev–Trinajstić information content (AvgIpc) is 2.61. The minimum atomic E-state index is -0.358. The van der Waals surface area contributed by atoms with E-state index in [4.69, 9.17) is 0 Å². The number of anilines is 1. The second-order valence-electron chi connectivity index (χ2n) is 5.83. The molecule has 0 unspecified atom stereocenters. The summed E-state index contributed by atoms with van der Waals surface area (Å²) in [4.78, 5) is 28.4. The highest BCUT2D eigenvalue weighted by molar-refractivity contribution is 6.02. The Balaban J connectivity index is 1.82. The number of amides is 1. The molecule has 2 heterocycles. The van der Waals surface area contributed by atoms with Crippen molar-refractivity contribution in [3.8, 4) is 0 Å². The molecule has 126 valence electrons. The van der Waals surface area contributed by atoms with Gasteiger partial charge in [-0.2, -0.15) is 5.10 Å². The third-order valence-corrected chi connectivity index (χ3v) is 3.92. The summed E-state index contributed by atoms with van der Waals surface area (Å²) in [5.74, 6) is -0.358. The van der Waals surface area contributed by atoms with Gasteiger partial charge in [-0.05, 0) is 54.8 Å². The average molecular weight is 334 g/mol. The lowest BCUT2D eigenvalue weighted by molar-refractivity contribution is 0.102. The molecule has 0 saturated heterocycles. The lowest BCUT2D eigenvalue weighted by atomic mass is 10.1. The Labute approximate surface area is 145 Å². The van der Waals surface area contributed by atoms with Crippen molar-refractivity contribution in [2.24, 2.45) is 0 Å². The number of rotatable bonds is 4. The van der Waals surface area contributed by atoms with E-state index >= 15 is 0 Å². The Kier molecular flexibility index (Phi) is 4.70. The van der Waals surface area contributed by atoms with Crippen LogP contribution in [0.4, 0.5) is 5.69 Å². The number of pyridine rings is 1. The van der Waals surface area contributed by atoms with Crippen LogP contribution in [0.25, 0.3) is 0 Å². The van der Waals surface area contributed by atoms with Crippen molar-refractivity contribution in [3.05, 3.63) is 87.6 Å². The normalized spacial score (nSPS) is 10.5. The third-order valence-electron chi connectivity index (χ3n) is 3.92. The number of aryl methyl sites for hydroxylation is 2. The summed E-state index contributed by atoms with van der Waals surface area (Å²) in [5.41, 5.74) is 3.69. The summed E-state index contributed by atoms with van der Waals surface area (Å²) in [7, 11) is 0. The van der Waals surface area contributed by atoms with E-state index in [9.17, 15) is 9.59 Å². The fourth-order valence-electron chi connectivity index (χ4n) is 2.36. The maximum absolute atomic E-state index is 12.4. The molecule has 6 nitrogen and oxygen atoms in total. The molecule has 1 N–H and O–H groups in total. The summed E-state index contributed by atoms with van der Waals surface area (Å²) in [6.07, 6.45) is 3.32. The van der Waals surface area contributed by atoms with Crippen LogP contribution >= 0.6 is 0 Å². The molecule has 0 radical (unpaired) electrons.